The molecule has 0 bridgehead atoms. The SMILES string of the molecule is O=C(NOc1cccc(Cl)c1)c1ccccc1. The Kier molecular flexibility index (Phi) is 3.62. The van der Waals surface area contributed by atoms with E-state index in [0.29, 0.717) is 16.3 Å². The van der Waals surface area contributed by atoms with E-state index in [9.17, 15) is 4.79 Å². The lowest BCUT2D eigenvalue weighted by molar-refractivity contribution is 0.0760. The van der Waals surface area contributed by atoms with Crippen LogP contribution in [0.15, 0.2) is 54.6 Å². The Morgan fingerprint density at radius 3 is 2.53 bits per heavy atom. The quantitative estimate of drug-likeness (QED) is 0.847. The molecule has 0 aliphatic heterocycles. The Morgan fingerprint density at radius 2 is 1.82 bits per heavy atom. The highest BCUT2D eigenvalue weighted by atomic mass is 35.5. The van der Waals surface area contributed by atoms with Crippen molar-refractivity contribution in [2.24, 2.45) is 0 Å². The third-order valence-corrected chi connectivity index (χ3v) is 2.33. The Morgan fingerprint density at radius 1 is 1.06 bits per heavy atom. The zero-order valence-electron chi connectivity index (χ0n) is 8.89. The fourth-order valence-corrected chi connectivity index (χ4v) is 1.46. The maximum absolute atomic E-state index is 11.6. The lowest BCUT2D eigenvalue weighted by Crippen LogP contribution is -2.26. The fraction of sp³-hybridized carbons (Fsp3) is 0. The first-order valence-corrected chi connectivity index (χ1v) is 5.41. The number of hydrogen-bond acceptors (Lipinski definition) is 2. The molecule has 0 radical (unpaired) electrons. The van der Waals surface area contributed by atoms with Gasteiger partial charge in [0.15, 0.2) is 5.75 Å². The van der Waals surface area contributed by atoms with E-state index in [1.807, 2.05) is 6.07 Å². The number of hydrogen-bond donors (Lipinski definition) is 1. The third kappa shape index (κ3) is 3.23. The molecule has 3 nitrogen and oxygen atoms in total. The number of benzene rings is 2. The highest BCUT2D eigenvalue weighted by Crippen LogP contribution is 2.16. The molecule has 86 valence electrons. The molecule has 0 saturated carbocycles. The lowest BCUT2D eigenvalue weighted by Gasteiger charge is -2.06. The summed E-state index contributed by atoms with van der Waals surface area (Å²) in [7, 11) is 0. The van der Waals surface area contributed by atoms with Crippen molar-refractivity contribution in [2.45, 2.75) is 0 Å². The highest BCUT2D eigenvalue weighted by Gasteiger charge is 2.04. The molecule has 4 heteroatoms. The van der Waals surface area contributed by atoms with Crippen LogP contribution in [0.4, 0.5) is 0 Å². The minimum atomic E-state index is -0.300. The summed E-state index contributed by atoms with van der Waals surface area (Å²) in [6.45, 7) is 0. The molecule has 2 aromatic carbocycles. The van der Waals surface area contributed by atoms with Crippen molar-refractivity contribution in [3.8, 4) is 5.75 Å². The van der Waals surface area contributed by atoms with Crippen molar-refractivity contribution in [2.75, 3.05) is 0 Å². The van der Waals surface area contributed by atoms with Crippen LogP contribution in [-0.4, -0.2) is 5.91 Å². The van der Waals surface area contributed by atoms with Gasteiger partial charge in [-0.3, -0.25) is 4.79 Å². The first kappa shape index (κ1) is 11.5. The molecule has 2 aromatic rings. The van der Waals surface area contributed by atoms with Crippen LogP contribution >= 0.6 is 11.6 Å². The van der Waals surface area contributed by atoms with E-state index in [1.165, 1.54) is 0 Å². The Labute approximate surface area is 104 Å². The predicted molar refractivity (Wildman–Crippen MR) is 66.0 cm³/mol. The zero-order chi connectivity index (χ0) is 12.1. The summed E-state index contributed by atoms with van der Waals surface area (Å²) in [5, 5.41) is 0.552. The fourth-order valence-electron chi connectivity index (χ4n) is 1.28. The molecule has 1 N–H and O–H groups in total. The molecular formula is C13H10ClNO2. The Balaban J connectivity index is 1.97. The molecular weight excluding hydrogens is 238 g/mol. The first-order valence-electron chi connectivity index (χ1n) is 5.03. The van der Waals surface area contributed by atoms with E-state index >= 15 is 0 Å². The van der Waals surface area contributed by atoms with Crippen molar-refractivity contribution >= 4 is 17.5 Å². The molecule has 17 heavy (non-hydrogen) atoms. The first-order chi connectivity index (χ1) is 8.25. The van der Waals surface area contributed by atoms with Crippen molar-refractivity contribution in [1.29, 1.82) is 0 Å². The van der Waals surface area contributed by atoms with Gasteiger partial charge in [0, 0.05) is 16.7 Å². The van der Waals surface area contributed by atoms with Crippen LogP contribution in [0.1, 0.15) is 10.4 Å². The molecule has 0 aromatic heterocycles. The molecule has 0 unspecified atom stereocenters. The smallest absolute Gasteiger partial charge is 0.283 e. The van der Waals surface area contributed by atoms with E-state index in [1.54, 1.807) is 48.5 Å². The maximum atomic E-state index is 11.6. The molecule has 2 rings (SSSR count). The van der Waals surface area contributed by atoms with Crippen LogP contribution in [0.5, 0.6) is 5.75 Å². The van der Waals surface area contributed by atoms with Crippen LogP contribution in [0.25, 0.3) is 0 Å². The summed E-state index contributed by atoms with van der Waals surface area (Å²) in [5.74, 6) is 0.187. The Bertz CT molecular complexity index is 514. The number of nitrogens with one attached hydrogen (secondary N) is 1. The predicted octanol–water partition coefficient (Wildman–Crippen LogP) is 3.06. The summed E-state index contributed by atoms with van der Waals surface area (Å²) >= 11 is 5.78. The van der Waals surface area contributed by atoms with Gasteiger partial charge in [-0.1, -0.05) is 35.9 Å². The van der Waals surface area contributed by atoms with Gasteiger partial charge in [-0.15, -0.1) is 0 Å². The standard InChI is InChI=1S/C13H10ClNO2/c14-11-7-4-8-12(9-11)17-15-13(16)10-5-2-1-3-6-10/h1-9H,(H,15,16). The summed E-state index contributed by atoms with van der Waals surface area (Å²) in [6.07, 6.45) is 0. The second-order valence-electron chi connectivity index (χ2n) is 3.36. The number of carbonyl (C=O) groups is 1. The van der Waals surface area contributed by atoms with Gasteiger partial charge in [-0.2, -0.15) is 5.48 Å². The number of halogens is 1. The maximum Gasteiger partial charge on any atom is 0.283 e. The average Bonchev–Trinajstić information content (AvgIpc) is 2.37. The van der Waals surface area contributed by atoms with Gasteiger partial charge < -0.3 is 4.84 Å². The van der Waals surface area contributed by atoms with E-state index < -0.39 is 0 Å². The number of amides is 1. The number of hydroxylamine groups is 1. The van der Waals surface area contributed by atoms with Crippen molar-refractivity contribution in [3.05, 3.63) is 65.2 Å². The zero-order valence-corrected chi connectivity index (χ0v) is 9.65. The monoisotopic (exact) mass is 247 g/mol. The summed E-state index contributed by atoms with van der Waals surface area (Å²) < 4.78 is 0. The average molecular weight is 248 g/mol. The van der Waals surface area contributed by atoms with Crippen molar-refractivity contribution in [1.82, 2.24) is 5.48 Å². The highest BCUT2D eigenvalue weighted by molar-refractivity contribution is 6.30. The van der Waals surface area contributed by atoms with Gasteiger partial charge >= 0.3 is 0 Å². The molecule has 0 aliphatic rings. The van der Waals surface area contributed by atoms with Gasteiger partial charge in [0.1, 0.15) is 0 Å². The topological polar surface area (TPSA) is 38.3 Å². The van der Waals surface area contributed by atoms with Gasteiger partial charge in [0.25, 0.3) is 5.91 Å². The van der Waals surface area contributed by atoms with Gasteiger partial charge in [0.05, 0.1) is 0 Å². The van der Waals surface area contributed by atoms with Gasteiger partial charge in [-0.05, 0) is 24.3 Å². The minimum absolute atomic E-state index is 0.300. The van der Waals surface area contributed by atoms with Crippen LogP contribution in [-0.2, 0) is 0 Å². The Hall–Kier alpha value is -2.00. The number of rotatable bonds is 3. The van der Waals surface area contributed by atoms with E-state index in [4.69, 9.17) is 16.4 Å². The molecule has 1 amide bonds. The second-order valence-corrected chi connectivity index (χ2v) is 3.79. The van der Waals surface area contributed by atoms with Gasteiger partial charge in [-0.25, -0.2) is 0 Å². The van der Waals surface area contributed by atoms with Crippen molar-refractivity contribution < 1.29 is 9.63 Å². The normalized spacial score (nSPS) is 9.71. The van der Waals surface area contributed by atoms with E-state index in [2.05, 4.69) is 5.48 Å². The molecule has 0 spiro atoms. The second kappa shape index (κ2) is 5.37. The molecule has 0 atom stereocenters. The summed E-state index contributed by atoms with van der Waals surface area (Å²) in [4.78, 5) is 16.8. The van der Waals surface area contributed by atoms with Crippen LogP contribution in [0.2, 0.25) is 5.02 Å². The molecule has 0 fully saturated rings. The van der Waals surface area contributed by atoms with E-state index in [-0.39, 0.29) is 5.91 Å². The number of carbonyl (C=O) groups excluding carboxylic acids is 1. The van der Waals surface area contributed by atoms with Crippen LogP contribution in [0.3, 0.4) is 0 Å². The lowest BCUT2D eigenvalue weighted by atomic mass is 10.2. The molecule has 0 saturated heterocycles. The van der Waals surface area contributed by atoms with Gasteiger partial charge in [0.2, 0.25) is 0 Å². The summed E-state index contributed by atoms with van der Waals surface area (Å²) in [6, 6.07) is 15.6. The summed E-state index contributed by atoms with van der Waals surface area (Å²) in [5.41, 5.74) is 2.88. The molecule has 0 aliphatic carbocycles. The largest absolute Gasteiger partial charge is 0.379 e. The molecule has 0 heterocycles. The van der Waals surface area contributed by atoms with Crippen molar-refractivity contribution in [3.63, 3.8) is 0 Å². The van der Waals surface area contributed by atoms with Crippen LogP contribution < -0.4 is 10.3 Å². The third-order valence-electron chi connectivity index (χ3n) is 2.09. The van der Waals surface area contributed by atoms with E-state index in [0.717, 1.165) is 0 Å². The minimum Gasteiger partial charge on any atom is -0.379 e. The van der Waals surface area contributed by atoms with Crippen LogP contribution in [0, 0.1) is 0 Å².